The summed E-state index contributed by atoms with van der Waals surface area (Å²) in [6.45, 7) is 5.15. The highest BCUT2D eigenvalue weighted by Gasteiger charge is 2.42. The second kappa shape index (κ2) is 8.86. The fourth-order valence-corrected chi connectivity index (χ4v) is 7.54. The van der Waals surface area contributed by atoms with Crippen molar-refractivity contribution in [3.05, 3.63) is 53.1 Å². The molecule has 7 nitrogen and oxygen atoms in total. The molecule has 0 radical (unpaired) electrons. The van der Waals surface area contributed by atoms with Crippen LogP contribution in [0.2, 0.25) is 0 Å². The van der Waals surface area contributed by atoms with Crippen molar-refractivity contribution in [1.29, 1.82) is 0 Å². The highest BCUT2D eigenvalue weighted by atomic mass is 32.2. The van der Waals surface area contributed by atoms with E-state index in [-0.39, 0.29) is 17.7 Å². The SMILES string of the molecule is O=S(=O)(CC1CC1)N1CCC2=Cc3c(cnn3-c3ccc(F)cc3)[C@H](CN3CCOCC3)[C@@H]2C1. The Balaban J connectivity index is 1.34. The highest BCUT2D eigenvalue weighted by Crippen LogP contribution is 2.44. The van der Waals surface area contributed by atoms with Gasteiger partial charge in [0.15, 0.2) is 0 Å². The molecule has 2 saturated heterocycles. The van der Waals surface area contributed by atoms with Gasteiger partial charge in [0.2, 0.25) is 10.0 Å². The summed E-state index contributed by atoms with van der Waals surface area (Å²) in [6, 6.07) is 6.40. The molecule has 1 aromatic heterocycles. The van der Waals surface area contributed by atoms with Crippen LogP contribution in [-0.2, 0) is 14.8 Å². The summed E-state index contributed by atoms with van der Waals surface area (Å²) < 4.78 is 48.9. The van der Waals surface area contributed by atoms with Gasteiger partial charge >= 0.3 is 0 Å². The number of benzene rings is 1. The summed E-state index contributed by atoms with van der Waals surface area (Å²) in [4.78, 5) is 2.42. The van der Waals surface area contributed by atoms with Gasteiger partial charge in [0.25, 0.3) is 0 Å². The lowest BCUT2D eigenvalue weighted by Crippen LogP contribution is -2.47. The zero-order valence-electron chi connectivity index (χ0n) is 19.3. The summed E-state index contributed by atoms with van der Waals surface area (Å²) in [7, 11) is -3.23. The number of nitrogens with zero attached hydrogens (tertiary/aromatic N) is 4. The number of morpholine rings is 1. The first-order valence-corrected chi connectivity index (χ1v) is 13.9. The molecule has 0 N–H and O–H groups in total. The maximum atomic E-state index is 13.5. The minimum absolute atomic E-state index is 0.143. The number of aromatic nitrogens is 2. The van der Waals surface area contributed by atoms with Gasteiger partial charge in [-0.2, -0.15) is 5.10 Å². The number of rotatable bonds is 6. The van der Waals surface area contributed by atoms with Crippen molar-refractivity contribution in [1.82, 2.24) is 19.0 Å². The Morgan fingerprint density at radius 1 is 1.09 bits per heavy atom. The predicted molar refractivity (Wildman–Crippen MR) is 128 cm³/mol. The molecule has 1 aromatic carbocycles. The van der Waals surface area contributed by atoms with Crippen molar-refractivity contribution < 1.29 is 17.5 Å². The Kier molecular flexibility index (Phi) is 5.83. The van der Waals surface area contributed by atoms with Crippen LogP contribution in [-0.4, -0.2) is 79.1 Å². The molecule has 3 fully saturated rings. The van der Waals surface area contributed by atoms with Gasteiger partial charge < -0.3 is 4.74 Å². The fraction of sp³-hybridized carbons (Fsp3) is 0.560. The Morgan fingerprint density at radius 3 is 2.59 bits per heavy atom. The standard InChI is InChI=1S/C25H31FN4O3S/c26-20-3-5-21(6-4-20)30-25-13-19-7-8-29(34(31,32)17-18-1-2-18)16-23(19)24(22(25)14-27-30)15-28-9-11-33-12-10-28/h3-6,13-14,18,23-24H,1-2,7-12,15-17H2/t23-,24+/m1/s1. The first-order valence-electron chi connectivity index (χ1n) is 12.3. The number of ether oxygens (including phenoxy) is 1. The molecular formula is C25H31FN4O3S. The lowest BCUT2D eigenvalue weighted by molar-refractivity contribution is 0.0319. The molecule has 9 heteroatoms. The average Bonchev–Trinajstić information content (AvgIpc) is 3.54. The second-order valence-corrected chi connectivity index (χ2v) is 12.1. The molecule has 2 aromatic rings. The lowest BCUT2D eigenvalue weighted by atomic mass is 9.74. The van der Waals surface area contributed by atoms with Gasteiger partial charge in [-0.05, 0) is 55.5 Å². The normalized spacial score (nSPS) is 26.1. The number of hydrogen-bond donors (Lipinski definition) is 0. The van der Waals surface area contributed by atoms with Crippen LogP contribution in [0.4, 0.5) is 4.39 Å². The number of fused-ring (bicyclic) bond motifs is 2. The maximum Gasteiger partial charge on any atom is 0.214 e. The van der Waals surface area contributed by atoms with Gasteiger partial charge in [0, 0.05) is 50.1 Å². The fourth-order valence-electron chi connectivity index (χ4n) is 5.64. The first kappa shape index (κ1) is 22.4. The molecule has 0 amide bonds. The van der Waals surface area contributed by atoms with Crippen molar-refractivity contribution in [3.8, 4) is 5.69 Å². The van der Waals surface area contributed by atoms with E-state index in [0.29, 0.717) is 24.8 Å². The van der Waals surface area contributed by atoms with Gasteiger partial charge in [-0.1, -0.05) is 5.57 Å². The summed E-state index contributed by atoms with van der Waals surface area (Å²) in [6.07, 6.45) is 6.94. The summed E-state index contributed by atoms with van der Waals surface area (Å²) >= 11 is 0. The first-order chi connectivity index (χ1) is 16.5. The Bertz CT molecular complexity index is 1180. The largest absolute Gasteiger partial charge is 0.379 e. The smallest absolute Gasteiger partial charge is 0.214 e. The third kappa shape index (κ3) is 4.34. The van der Waals surface area contributed by atoms with E-state index in [9.17, 15) is 12.8 Å². The van der Waals surface area contributed by atoms with Crippen LogP contribution in [0.1, 0.15) is 36.4 Å². The quantitative estimate of drug-likeness (QED) is 0.628. The van der Waals surface area contributed by atoms with E-state index in [1.54, 1.807) is 16.4 Å². The summed E-state index contributed by atoms with van der Waals surface area (Å²) in [5, 5.41) is 4.69. The Hall–Kier alpha value is -2.07. The average molecular weight is 487 g/mol. The Labute approximate surface area is 200 Å². The predicted octanol–water partition coefficient (Wildman–Crippen LogP) is 2.89. The monoisotopic (exact) mass is 486 g/mol. The molecule has 3 heterocycles. The van der Waals surface area contributed by atoms with E-state index in [2.05, 4.69) is 16.1 Å². The van der Waals surface area contributed by atoms with Crippen molar-refractivity contribution >= 4 is 16.1 Å². The van der Waals surface area contributed by atoms with E-state index in [4.69, 9.17) is 4.74 Å². The molecule has 2 aliphatic heterocycles. The third-order valence-corrected chi connectivity index (χ3v) is 9.75. The van der Waals surface area contributed by atoms with Crippen molar-refractivity contribution in [3.63, 3.8) is 0 Å². The summed E-state index contributed by atoms with van der Waals surface area (Å²) in [5.41, 5.74) is 4.30. The minimum Gasteiger partial charge on any atom is -0.379 e. The molecule has 0 bridgehead atoms. The van der Waals surface area contributed by atoms with E-state index in [1.807, 2.05) is 10.9 Å². The molecule has 2 aliphatic carbocycles. The highest BCUT2D eigenvalue weighted by molar-refractivity contribution is 7.89. The lowest BCUT2D eigenvalue weighted by Gasteiger charge is -2.42. The molecular weight excluding hydrogens is 455 g/mol. The van der Waals surface area contributed by atoms with E-state index in [0.717, 1.165) is 69.1 Å². The Morgan fingerprint density at radius 2 is 1.85 bits per heavy atom. The molecule has 0 unspecified atom stereocenters. The van der Waals surface area contributed by atoms with Crippen molar-refractivity contribution in [2.45, 2.75) is 25.2 Å². The minimum atomic E-state index is -3.23. The second-order valence-electron chi connectivity index (χ2n) is 10.0. The zero-order chi connectivity index (χ0) is 23.3. The molecule has 182 valence electrons. The summed E-state index contributed by atoms with van der Waals surface area (Å²) in [5.74, 6) is 0.664. The van der Waals surface area contributed by atoms with E-state index in [1.165, 1.54) is 17.7 Å². The van der Waals surface area contributed by atoms with Crippen molar-refractivity contribution in [2.24, 2.45) is 11.8 Å². The van der Waals surface area contributed by atoms with Crippen LogP contribution in [0.3, 0.4) is 0 Å². The van der Waals surface area contributed by atoms with Crippen LogP contribution >= 0.6 is 0 Å². The van der Waals surface area contributed by atoms with Crippen molar-refractivity contribution in [2.75, 3.05) is 51.7 Å². The van der Waals surface area contributed by atoms with Crippen LogP contribution in [0.15, 0.2) is 36.0 Å². The van der Waals surface area contributed by atoms with Crippen LogP contribution in [0.25, 0.3) is 11.8 Å². The van der Waals surface area contributed by atoms with Gasteiger partial charge in [-0.3, -0.25) is 4.90 Å². The molecule has 34 heavy (non-hydrogen) atoms. The number of halogens is 1. The molecule has 1 saturated carbocycles. The van der Waals surface area contributed by atoms with Gasteiger partial charge in [-0.25, -0.2) is 21.8 Å². The molecule has 0 spiro atoms. The molecule has 2 atom stereocenters. The number of sulfonamides is 1. The van der Waals surface area contributed by atoms with Crippen LogP contribution < -0.4 is 0 Å². The zero-order valence-corrected chi connectivity index (χ0v) is 20.1. The molecule has 4 aliphatic rings. The van der Waals surface area contributed by atoms with Crippen LogP contribution in [0, 0.1) is 17.7 Å². The van der Waals surface area contributed by atoms with Gasteiger partial charge in [0.1, 0.15) is 5.82 Å². The van der Waals surface area contributed by atoms with Crippen LogP contribution in [0.5, 0.6) is 0 Å². The molecule has 6 rings (SSSR count). The van der Waals surface area contributed by atoms with E-state index >= 15 is 0 Å². The maximum absolute atomic E-state index is 13.5. The number of piperidine rings is 1. The van der Waals surface area contributed by atoms with E-state index < -0.39 is 10.0 Å². The third-order valence-electron chi connectivity index (χ3n) is 7.74. The van der Waals surface area contributed by atoms with Gasteiger partial charge in [0.05, 0.1) is 36.5 Å². The number of hydrogen-bond acceptors (Lipinski definition) is 5. The topological polar surface area (TPSA) is 67.7 Å². The van der Waals surface area contributed by atoms with Gasteiger partial charge in [-0.15, -0.1) is 0 Å².